The Morgan fingerprint density at radius 1 is 1.24 bits per heavy atom. The molecule has 2 aromatic rings. The van der Waals surface area contributed by atoms with Gasteiger partial charge in [0.1, 0.15) is 23.2 Å². The summed E-state index contributed by atoms with van der Waals surface area (Å²) in [7, 11) is 0. The minimum atomic E-state index is -0.426. The molecule has 0 atom stereocenters. The van der Waals surface area contributed by atoms with Crippen LogP contribution in [0.25, 0.3) is 0 Å². The Labute approximate surface area is 133 Å². The van der Waals surface area contributed by atoms with Crippen molar-refractivity contribution in [2.24, 2.45) is 5.73 Å². The highest BCUT2D eigenvalue weighted by atomic mass is 35.5. The molecule has 0 radical (unpaired) electrons. The molecule has 0 heterocycles. The first kappa shape index (κ1) is 15.7. The molecular formula is C16H15ClFNOS. The van der Waals surface area contributed by atoms with Gasteiger partial charge in [0.2, 0.25) is 0 Å². The molecule has 0 spiro atoms. The predicted molar refractivity (Wildman–Crippen MR) is 87.5 cm³/mol. The topological polar surface area (TPSA) is 35.2 Å². The predicted octanol–water partition coefficient (Wildman–Crippen LogP) is 4.31. The Kier molecular flexibility index (Phi) is 4.80. The van der Waals surface area contributed by atoms with E-state index in [1.165, 1.54) is 6.07 Å². The van der Waals surface area contributed by atoms with Gasteiger partial charge in [0.25, 0.3) is 0 Å². The summed E-state index contributed by atoms with van der Waals surface area (Å²) >= 11 is 10.8. The normalized spacial score (nSPS) is 10.5. The molecule has 2 aromatic carbocycles. The van der Waals surface area contributed by atoms with Crippen molar-refractivity contribution in [1.82, 2.24) is 0 Å². The minimum Gasteiger partial charge on any atom is -0.488 e. The van der Waals surface area contributed by atoms with E-state index in [2.05, 4.69) is 0 Å². The number of hydrogen-bond donors (Lipinski definition) is 1. The Hall–Kier alpha value is -1.65. The highest BCUT2D eigenvalue weighted by molar-refractivity contribution is 7.80. The number of halogens is 2. The molecule has 0 fully saturated rings. The third-order valence-corrected chi connectivity index (χ3v) is 3.54. The second kappa shape index (κ2) is 6.41. The fourth-order valence-electron chi connectivity index (χ4n) is 2.13. The Balaban J connectivity index is 2.21. The highest BCUT2D eigenvalue weighted by Gasteiger charge is 2.09. The van der Waals surface area contributed by atoms with Gasteiger partial charge in [0.15, 0.2) is 0 Å². The maximum Gasteiger partial charge on any atom is 0.133 e. The fraction of sp³-hybridized carbons (Fsp3) is 0.188. The summed E-state index contributed by atoms with van der Waals surface area (Å²) in [6.45, 7) is 4.16. The third kappa shape index (κ3) is 3.71. The molecule has 110 valence electrons. The average Bonchev–Trinajstić information content (AvgIpc) is 2.38. The number of nitrogens with two attached hydrogens (primary N) is 1. The maximum absolute atomic E-state index is 13.5. The Morgan fingerprint density at radius 2 is 1.86 bits per heavy atom. The number of benzene rings is 2. The number of hydrogen-bond acceptors (Lipinski definition) is 2. The molecule has 0 saturated heterocycles. The van der Waals surface area contributed by atoms with Crippen LogP contribution < -0.4 is 10.5 Å². The van der Waals surface area contributed by atoms with Crippen molar-refractivity contribution in [2.45, 2.75) is 20.5 Å². The van der Waals surface area contributed by atoms with Gasteiger partial charge < -0.3 is 10.5 Å². The van der Waals surface area contributed by atoms with Gasteiger partial charge >= 0.3 is 0 Å². The van der Waals surface area contributed by atoms with E-state index < -0.39 is 5.82 Å². The lowest BCUT2D eigenvalue weighted by atomic mass is 10.1. The van der Waals surface area contributed by atoms with Gasteiger partial charge in [-0.3, -0.25) is 0 Å². The second-order valence-corrected chi connectivity index (χ2v) is 5.71. The van der Waals surface area contributed by atoms with Crippen LogP contribution in [0.4, 0.5) is 4.39 Å². The van der Waals surface area contributed by atoms with Gasteiger partial charge in [-0.2, -0.15) is 0 Å². The largest absolute Gasteiger partial charge is 0.488 e. The van der Waals surface area contributed by atoms with Crippen LogP contribution in [0.5, 0.6) is 5.75 Å². The molecule has 0 saturated carbocycles. The molecule has 2 rings (SSSR count). The van der Waals surface area contributed by atoms with E-state index in [9.17, 15) is 4.39 Å². The maximum atomic E-state index is 13.5. The summed E-state index contributed by atoms with van der Waals surface area (Å²) in [5, 5.41) is 0.676. The first-order valence-electron chi connectivity index (χ1n) is 6.36. The summed E-state index contributed by atoms with van der Waals surface area (Å²) in [5.74, 6) is 0.353. The highest BCUT2D eigenvalue weighted by Crippen LogP contribution is 2.28. The molecular weight excluding hydrogens is 309 g/mol. The molecule has 0 amide bonds. The lowest BCUT2D eigenvalue weighted by Gasteiger charge is -2.13. The van der Waals surface area contributed by atoms with Crippen molar-refractivity contribution in [3.8, 4) is 5.75 Å². The number of ether oxygens (including phenoxy) is 1. The molecule has 0 aliphatic heterocycles. The second-order valence-electron chi connectivity index (χ2n) is 4.84. The average molecular weight is 324 g/mol. The lowest BCUT2D eigenvalue weighted by molar-refractivity contribution is 0.302. The van der Waals surface area contributed by atoms with Gasteiger partial charge in [-0.05, 0) is 54.8 Å². The molecule has 0 unspecified atom stereocenters. The fourth-order valence-corrected chi connectivity index (χ4v) is 2.62. The quantitative estimate of drug-likeness (QED) is 0.852. The Bertz CT molecular complexity index is 680. The summed E-state index contributed by atoms with van der Waals surface area (Å²) < 4.78 is 19.4. The molecule has 2 nitrogen and oxygen atoms in total. The zero-order chi connectivity index (χ0) is 15.6. The monoisotopic (exact) mass is 323 g/mol. The van der Waals surface area contributed by atoms with Crippen LogP contribution >= 0.6 is 23.8 Å². The number of aryl methyl sites for hydroxylation is 2. The number of thiocarbonyl (C=S) groups is 1. The molecule has 2 N–H and O–H groups in total. The van der Waals surface area contributed by atoms with Crippen LogP contribution in [-0.2, 0) is 6.61 Å². The van der Waals surface area contributed by atoms with Crippen molar-refractivity contribution >= 4 is 28.8 Å². The SMILES string of the molecule is Cc1cc(Cl)cc(C)c1OCc1ccc(F)c(C(N)=S)c1. The van der Waals surface area contributed by atoms with E-state index in [1.54, 1.807) is 12.1 Å². The van der Waals surface area contributed by atoms with E-state index in [0.29, 0.717) is 11.6 Å². The zero-order valence-electron chi connectivity index (χ0n) is 11.7. The van der Waals surface area contributed by atoms with E-state index in [0.717, 1.165) is 22.4 Å². The molecule has 0 aromatic heterocycles. The van der Waals surface area contributed by atoms with Gasteiger partial charge in [0.05, 0.1) is 0 Å². The van der Waals surface area contributed by atoms with Crippen LogP contribution in [0.15, 0.2) is 30.3 Å². The van der Waals surface area contributed by atoms with Gasteiger partial charge in [-0.15, -0.1) is 0 Å². The molecule has 0 aliphatic rings. The van der Waals surface area contributed by atoms with Crippen molar-refractivity contribution in [3.05, 3.63) is 63.4 Å². The van der Waals surface area contributed by atoms with Crippen molar-refractivity contribution in [2.75, 3.05) is 0 Å². The van der Waals surface area contributed by atoms with Crippen LogP contribution in [0.1, 0.15) is 22.3 Å². The van der Waals surface area contributed by atoms with E-state index in [4.69, 9.17) is 34.3 Å². The lowest BCUT2D eigenvalue weighted by Crippen LogP contribution is -2.12. The van der Waals surface area contributed by atoms with Gasteiger partial charge in [-0.25, -0.2) is 4.39 Å². The van der Waals surface area contributed by atoms with Crippen molar-refractivity contribution in [3.63, 3.8) is 0 Å². The number of rotatable bonds is 4. The Morgan fingerprint density at radius 3 is 2.43 bits per heavy atom. The van der Waals surface area contributed by atoms with Crippen molar-refractivity contribution in [1.29, 1.82) is 0 Å². The van der Waals surface area contributed by atoms with E-state index in [1.807, 2.05) is 26.0 Å². The summed E-state index contributed by atoms with van der Waals surface area (Å²) in [5.41, 5.74) is 8.43. The standard InChI is InChI=1S/C16H15ClFNOS/c1-9-5-12(17)6-10(2)15(9)20-8-11-3-4-14(18)13(7-11)16(19)21/h3-7H,8H2,1-2H3,(H2,19,21). The van der Waals surface area contributed by atoms with E-state index in [-0.39, 0.29) is 10.6 Å². The summed E-state index contributed by atoms with van der Waals surface area (Å²) in [6, 6.07) is 8.29. The molecule has 0 bridgehead atoms. The van der Waals surface area contributed by atoms with E-state index >= 15 is 0 Å². The van der Waals surface area contributed by atoms with Crippen molar-refractivity contribution < 1.29 is 9.13 Å². The molecule has 21 heavy (non-hydrogen) atoms. The van der Waals surface area contributed by atoms with Gasteiger partial charge in [-0.1, -0.05) is 29.9 Å². The first-order valence-corrected chi connectivity index (χ1v) is 7.15. The van der Waals surface area contributed by atoms with Crippen LogP contribution in [0.2, 0.25) is 5.02 Å². The first-order chi connectivity index (χ1) is 9.88. The smallest absolute Gasteiger partial charge is 0.133 e. The van der Waals surface area contributed by atoms with Crippen LogP contribution in [-0.4, -0.2) is 4.99 Å². The zero-order valence-corrected chi connectivity index (χ0v) is 13.3. The minimum absolute atomic E-state index is 0.0354. The van der Waals surface area contributed by atoms with Crippen LogP contribution in [0, 0.1) is 19.7 Å². The molecule has 5 heteroatoms. The third-order valence-electron chi connectivity index (χ3n) is 3.10. The van der Waals surface area contributed by atoms with Gasteiger partial charge in [0, 0.05) is 10.6 Å². The molecule has 0 aliphatic carbocycles. The summed E-state index contributed by atoms with van der Waals surface area (Å²) in [4.78, 5) is 0.0354. The van der Waals surface area contributed by atoms with Crippen LogP contribution in [0.3, 0.4) is 0 Å². The summed E-state index contributed by atoms with van der Waals surface area (Å²) in [6.07, 6.45) is 0.